The predicted octanol–water partition coefficient (Wildman–Crippen LogP) is 5.05. The smallest absolute Gasteiger partial charge is 0.190 e. The number of hydrogen-bond donors (Lipinski definition) is 1. The van der Waals surface area contributed by atoms with Crippen LogP contribution in [0.4, 0.5) is 0 Å². The molecule has 1 N–H and O–H groups in total. The molecular formula is C18H20Cl2N2O2. The zero-order chi connectivity index (χ0) is 16.7. The molecule has 2 fully saturated rings. The van der Waals surface area contributed by atoms with Crippen molar-refractivity contribution >= 4 is 23.2 Å². The first kappa shape index (κ1) is 16.2. The van der Waals surface area contributed by atoms with Crippen molar-refractivity contribution in [2.75, 3.05) is 6.54 Å². The molecule has 0 bridgehead atoms. The van der Waals surface area contributed by atoms with Gasteiger partial charge >= 0.3 is 0 Å². The summed E-state index contributed by atoms with van der Waals surface area (Å²) in [6, 6.07) is 5.89. The van der Waals surface area contributed by atoms with Crippen molar-refractivity contribution in [3.8, 4) is 17.0 Å². The molecule has 1 aliphatic carbocycles. The van der Waals surface area contributed by atoms with Gasteiger partial charge in [-0.05, 0) is 51.3 Å². The van der Waals surface area contributed by atoms with Gasteiger partial charge in [0.1, 0.15) is 6.10 Å². The van der Waals surface area contributed by atoms with Crippen LogP contribution >= 0.6 is 23.2 Å². The topological polar surface area (TPSA) is 47.3 Å². The number of halogens is 2. The highest BCUT2D eigenvalue weighted by Gasteiger charge is 2.36. The SMILES string of the molecule is C[C@@H]1C[C@H](Oc2c(-c3c(Cl)cccc3Cl)noc2C2CC2)CCN1. The Kier molecular flexibility index (Phi) is 4.46. The summed E-state index contributed by atoms with van der Waals surface area (Å²) in [7, 11) is 0. The van der Waals surface area contributed by atoms with Crippen LogP contribution in [0, 0.1) is 0 Å². The average molecular weight is 367 g/mol. The van der Waals surface area contributed by atoms with E-state index in [-0.39, 0.29) is 6.10 Å². The fourth-order valence-corrected chi connectivity index (χ4v) is 3.83. The van der Waals surface area contributed by atoms with E-state index in [0.717, 1.165) is 43.7 Å². The Morgan fingerprint density at radius 1 is 1.21 bits per heavy atom. The lowest BCUT2D eigenvalue weighted by Gasteiger charge is -2.28. The van der Waals surface area contributed by atoms with Crippen LogP contribution in [0.3, 0.4) is 0 Å². The zero-order valence-electron chi connectivity index (χ0n) is 13.5. The van der Waals surface area contributed by atoms with E-state index in [2.05, 4.69) is 17.4 Å². The van der Waals surface area contributed by atoms with E-state index in [1.807, 2.05) is 18.2 Å². The lowest BCUT2D eigenvalue weighted by molar-refractivity contribution is 0.141. The third-order valence-electron chi connectivity index (χ3n) is 4.68. The Hall–Kier alpha value is -1.23. The van der Waals surface area contributed by atoms with E-state index in [1.54, 1.807) is 0 Å². The Bertz CT molecular complexity index is 722. The molecule has 4 rings (SSSR count). The molecule has 1 aliphatic heterocycles. The molecule has 0 amide bonds. The normalized spacial score (nSPS) is 24.1. The van der Waals surface area contributed by atoms with Gasteiger partial charge in [-0.3, -0.25) is 0 Å². The van der Waals surface area contributed by atoms with Crippen molar-refractivity contribution in [3.05, 3.63) is 34.0 Å². The minimum absolute atomic E-state index is 0.151. The molecule has 4 nitrogen and oxygen atoms in total. The highest BCUT2D eigenvalue weighted by atomic mass is 35.5. The van der Waals surface area contributed by atoms with Crippen molar-refractivity contribution in [1.29, 1.82) is 0 Å². The van der Waals surface area contributed by atoms with Gasteiger partial charge in [0, 0.05) is 17.5 Å². The Labute approximate surface area is 151 Å². The van der Waals surface area contributed by atoms with E-state index in [0.29, 0.717) is 33.3 Å². The quantitative estimate of drug-likeness (QED) is 0.822. The fourth-order valence-electron chi connectivity index (χ4n) is 3.26. The molecular weight excluding hydrogens is 347 g/mol. The number of rotatable bonds is 4. The molecule has 6 heteroatoms. The monoisotopic (exact) mass is 366 g/mol. The van der Waals surface area contributed by atoms with E-state index in [9.17, 15) is 0 Å². The molecule has 1 saturated heterocycles. The minimum Gasteiger partial charge on any atom is -0.484 e. The average Bonchev–Trinajstić information content (AvgIpc) is 3.31. The highest BCUT2D eigenvalue weighted by molar-refractivity contribution is 6.39. The molecule has 2 heterocycles. The lowest BCUT2D eigenvalue weighted by atomic mass is 10.0. The third-order valence-corrected chi connectivity index (χ3v) is 5.31. The molecule has 1 saturated carbocycles. The van der Waals surface area contributed by atoms with E-state index in [1.165, 1.54) is 0 Å². The first-order chi connectivity index (χ1) is 11.6. The molecule has 1 aromatic carbocycles. The molecule has 2 aliphatic rings. The number of ether oxygens (including phenoxy) is 1. The fraction of sp³-hybridized carbons (Fsp3) is 0.500. The van der Waals surface area contributed by atoms with Crippen molar-refractivity contribution < 1.29 is 9.26 Å². The first-order valence-corrected chi connectivity index (χ1v) is 9.23. The third kappa shape index (κ3) is 3.15. The van der Waals surface area contributed by atoms with Crippen LogP contribution in [0.15, 0.2) is 22.7 Å². The van der Waals surface area contributed by atoms with Gasteiger partial charge in [-0.15, -0.1) is 0 Å². The number of benzene rings is 1. The Morgan fingerprint density at radius 2 is 1.96 bits per heavy atom. The van der Waals surface area contributed by atoms with Crippen LogP contribution in [0.1, 0.15) is 44.3 Å². The van der Waals surface area contributed by atoms with E-state index in [4.69, 9.17) is 32.5 Å². The number of nitrogens with zero attached hydrogens (tertiary/aromatic N) is 1. The van der Waals surface area contributed by atoms with Gasteiger partial charge in [0.15, 0.2) is 17.2 Å². The molecule has 2 aromatic rings. The van der Waals surface area contributed by atoms with Crippen LogP contribution in [0.2, 0.25) is 10.0 Å². The van der Waals surface area contributed by atoms with Gasteiger partial charge in [-0.2, -0.15) is 0 Å². The van der Waals surface area contributed by atoms with Crippen molar-refractivity contribution in [2.24, 2.45) is 0 Å². The van der Waals surface area contributed by atoms with E-state index >= 15 is 0 Å². The van der Waals surface area contributed by atoms with Crippen molar-refractivity contribution in [1.82, 2.24) is 10.5 Å². The second-order valence-corrected chi connectivity index (χ2v) is 7.53. The second kappa shape index (κ2) is 6.58. The maximum Gasteiger partial charge on any atom is 0.190 e. The second-order valence-electron chi connectivity index (χ2n) is 6.71. The molecule has 128 valence electrons. The number of aromatic nitrogens is 1. The molecule has 0 radical (unpaired) electrons. The standard InChI is InChI=1S/C18H20Cl2N2O2/c1-10-9-12(7-8-21-10)23-18-16(22-24-17(18)11-5-6-11)15-13(19)3-2-4-14(15)20/h2-4,10-12,21H,5-9H2,1H3/t10-,12-/m1/s1. The van der Waals surface area contributed by atoms with Crippen LogP contribution in [0.25, 0.3) is 11.3 Å². The highest BCUT2D eigenvalue weighted by Crippen LogP contribution is 2.50. The van der Waals surface area contributed by atoms with Crippen LogP contribution < -0.4 is 10.1 Å². The number of hydrogen-bond acceptors (Lipinski definition) is 4. The van der Waals surface area contributed by atoms with Crippen LogP contribution in [-0.2, 0) is 0 Å². The van der Waals surface area contributed by atoms with Crippen LogP contribution in [0.5, 0.6) is 5.75 Å². The Morgan fingerprint density at radius 3 is 2.62 bits per heavy atom. The zero-order valence-corrected chi connectivity index (χ0v) is 15.0. The predicted molar refractivity (Wildman–Crippen MR) is 95.0 cm³/mol. The first-order valence-electron chi connectivity index (χ1n) is 8.47. The summed E-state index contributed by atoms with van der Waals surface area (Å²) in [6.45, 7) is 3.13. The summed E-state index contributed by atoms with van der Waals surface area (Å²) in [5, 5.41) is 8.83. The van der Waals surface area contributed by atoms with Crippen LogP contribution in [-0.4, -0.2) is 23.8 Å². The van der Waals surface area contributed by atoms with Gasteiger partial charge < -0.3 is 14.6 Å². The summed E-state index contributed by atoms with van der Waals surface area (Å²) >= 11 is 12.7. The maximum atomic E-state index is 6.38. The molecule has 0 spiro atoms. The summed E-state index contributed by atoms with van der Waals surface area (Å²) in [5.74, 6) is 1.97. The van der Waals surface area contributed by atoms with Crippen molar-refractivity contribution in [3.63, 3.8) is 0 Å². The largest absolute Gasteiger partial charge is 0.484 e. The number of nitrogens with one attached hydrogen (secondary N) is 1. The van der Waals surface area contributed by atoms with Gasteiger partial charge in [0.25, 0.3) is 0 Å². The van der Waals surface area contributed by atoms with Gasteiger partial charge in [-0.1, -0.05) is 34.4 Å². The van der Waals surface area contributed by atoms with Gasteiger partial charge in [0.05, 0.1) is 10.0 Å². The van der Waals surface area contributed by atoms with Gasteiger partial charge in [0.2, 0.25) is 0 Å². The minimum atomic E-state index is 0.151. The molecule has 2 atom stereocenters. The Balaban J connectivity index is 1.72. The van der Waals surface area contributed by atoms with Gasteiger partial charge in [-0.25, -0.2) is 0 Å². The maximum absolute atomic E-state index is 6.38. The summed E-state index contributed by atoms with van der Waals surface area (Å²) in [5.41, 5.74) is 1.31. The molecule has 24 heavy (non-hydrogen) atoms. The van der Waals surface area contributed by atoms with Crippen molar-refractivity contribution in [2.45, 2.75) is 50.7 Å². The summed E-state index contributed by atoms with van der Waals surface area (Å²) < 4.78 is 12.0. The molecule has 0 unspecified atom stereocenters. The lowest BCUT2D eigenvalue weighted by Crippen LogP contribution is -2.40. The summed E-state index contributed by atoms with van der Waals surface area (Å²) in [6.07, 6.45) is 4.31. The molecule has 1 aromatic heterocycles. The summed E-state index contributed by atoms with van der Waals surface area (Å²) in [4.78, 5) is 0. The van der Waals surface area contributed by atoms with E-state index < -0.39 is 0 Å². The number of piperidine rings is 1.